The van der Waals surface area contributed by atoms with Crippen LogP contribution in [0.2, 0.25) is 0 Å². The lowest BCUT2D eigenvalue weighted by Crippen LogP contribution is -2.13. The van der Waals surface area contributed by atoms with Crippen molar-refractivity contribution in [2.24, 2.45) is 0 Å². The SMILES string of the molecule is O=C(O)/C=C/c1cccc(NC(=O)c2ncn[nH]2)c1. The minimum atomic E-state index is -1.03. The molecule has 1 heterocycles. The summed E-state index contributed by atoms with van der Waals surface area (Å²) in [5.41, 5.74) is 1.20. The standard InChI is InChI=1S/C12H10N4O3/c17-10(18)5-4-8-2-1-3-9(6-8)15-12(19)11-13-7-14-16-11/h1-7H,(H,15,19)(H,17,18)(H,13,14,16)/b5-4+. The number of nitrogens with one attached hydrogen (secondary N) is 2. The summed E-state index contributed by atoms with van der Waals surface area (Å²) in [5.74, 6) is -1.35. The van der Waals surface area contributed by atoms with Crippen LogP contribution in [0.3, 0.4) is 0 Å². The van der Waals surface area contributed by atoms with Crippen molar-refractivity contribution in [3.8, 4) is 0 Å². The lowest BCUT2D eigenvalue weighted by molar-refractivity contribution is -0.131. The fourth-order valence-corrected chi connectivity index (χ4v) is 1.39. The number of aromatic nitrogens is 3. The number of benzene rings is 1. The first kappa shape index (κ1) is 12.5. The Morgan fingerprint density at radius 2 is 2.21 bits per heavy atom. The molecule has 3 N–H and O–H groups in total. The van der Waals surface area contributed by atoms with Gasteiger partial charge in [-0.05, 0) is 23.8 Å². The molecule has 7 nitrogen and oxygen atoms in total. The van der Waals surface area contributed by atoms with Gasteiger partial charge in [-0.3, -0.25) is 9.89 Å². The van der Waals surface area contributed by atoms with E-state index in [2.05, 4.69) is 20.5 Å². The van der Waals surface area contributed by atoms with Crippen LogP contribution in [0.5, 0.6) is 0 Å². The molecule has 0 radical (unpaired) electrons. The monoisotopic (exact) mass is 258 g/mol. The van der Waals surface area contributed by atoms with Gasteiger partial charge in [0.25, 0.3) is 5.91 Å². The lowest BCUT2D eigenvalue weighted by atomic mass is 10.2. The summed E-state index contributed by atoms with van der Waals surface area (Å²) in [6.45, 7) is 0. The molecule has 0 aliphatic carbocycles. The number of carboxylic acids is 1. The van der Waals surface area contributed by atoms with Gasteiger partial charge in [-0.1, -0.05) is 12.1 Å². The Labute approximate surface area is 108 Å². The lowest BCUT2D eigenvalue weighted by Gasteiger charge is -2.03. The third-order valence-electron chi connectivity index (χ3n) is 2.19. The van der Waals surface area contributed by atoms with Gasteiger partial charge in [0.2, 0.25) is 5.82 Å². The zero-order valence-corrected chi connectivity index (χ0v) is 9.70. The van der Waals surface area contributed by atoms with Gasteiger partial charge in [-0.25, -0.2) is 9.78 Å². The number of anilines is 1. The first-order chi connectivity index (χ1) is 9.15. The minimum absolute atomic E-state index is 0.103. The summed E-state index contributed by atoms with van der Waals surface area (Å²) < 4.78 is 0. The summed E-state index contributed by atoms with van der Waals surface area (Å²) in [4.78, 5) is 25.8. The van der Waals surface area contributed by atoms with Gasteiger partial charge in [0.15, 0.2) is 0 Å². The van der Waals surface area contributed by atoms with Crippen molar-refractivity contribution >= 4 is 23.6 Å². The van der Waals surface area contributed by atoms with Crippen molar-refractivity contribution in [3.05, 3.63) is 48.1 Å². The molecule has 0 fully saturated rings. The molecule has 2 aromatic rings. The van der Waals surface area contributed by atoms with E-state index in [9.17, 15) is 9.59 Å². The number of amides is 1. The van der Waals surface area contributed by atoms with Crippen LogP contribution < -0.4 is 5.32 Å². The van der Waals surface area contributed by atoms with E-state index in [0.29, 0.717) is 11.3 Å². The molecule has 0 aliphatic rings. The fourth-order valence-electron chi connectivity index (χ4n) is 1.39. The highest BCUT2D eigenvalue weighted by Crippen LogP contribution is 2.12. The van der Waals surface area contributed by atoms with Crippen LogP contribution in [0.1, 0.15) is 16.2 Å². The molecule has 96 valence electrons. The van der Waals surface area contributed by atoms with Crippen LogP contribution >= 0.6 is 0 Å². The highest BCUT2D eigenvalue weighted by Gasteiger charge is 2.08. The van der Waals surface area contributed by atoms with Gasteiger partial charge < -0.3 is 10.4 Å². The second-order valence-electron chi connectivity index (χ2n) is 3.59. The van der Waals surface area contributed by atoms with E-state index in [1.165, 1.54) is 12.4 Å². The Balaban J connectivity index is 2.11. The van der Waals surface area contributed by atoms with Crippen molar-refractivity contribution in [1.29, 1.82) is 0 Å². The number of rotatable bonds is 4. The topological polar surface area (TPSA) is 108 Å². The highest BCUT2D eigenvalue weighted by molar-refractivity contribution is 6.01. The summed E-state index contributed by atoms with van der Waals surface area (Å²) in [7, 11) is 0. The maximum atomic E-state index is 11.7. The second kappa shape index (κ2) is 5.58. The molecule has 0 bridgehead atoms. The highest BCUT2D eigenvalue weighted by atomic mass is 16.4. The number of nitrogens with zero attached hydrogens (tertiary/aromatic N) is 2. The second-order valence-corrected chi connectivity index (χ2v) is 3.59. The predicted octanol–water partition coefficient (Wildman–Crippen LogP) is 1.15. The van der Waals surface area contributed by atoms with Crippen LogP contribution in [-0.4, -0.2) is 32.2 Å². The Morgan fingerprint density at radius 1 is 1.37 bits per heavy atom. The van der Waals surface area contributed by atoms with Crippen molar-refractivity contribution in [2.45, 2.75) is 0 Å². The Kier molecular flexibility index (Phi) is 3.67. The average molecular weight is 258 g/mol. The van der Waals surface area contributed by atoms with Gasteiger partial charge in [0.1, 0.15) is 6.33 Å². The molecule has 1 amide bonds. The number of hydrogen-bond acceptors (Lipinski definition) is 4. The summed E-state index contributed by atoms with van der Waals surface area (Å²) in [6.07, 6.45) is 3.70. The molecule has 0 aliphatic heterocycles. The molecular formula is C12H10N4O3. The zero-order chi connectivity index (χ0) is 13.7. The normalized spacial score (nSPS) is 10.5. The molecule has 2 rings (SSSR count). The van der Waals surface area contributed by atoms with Crippen molar-refractivity contribution in [3.63, 3.8) is 0 Å². The van der Waals surface area contributed by atoms with Crippen molar-refractivity contribution in [2.75, 3.05) is 5.32 Å². The van der Waals surface area contributed by atoms with Crippen LogP contribution in [-0.2, 0) is 4.79 Å². The number of carbonyl (C=O) groups excluding carboxylic acids is 1. The first-order valence-electron chi connectivity index (χ1n) is 5.33. The largest absolute Gasteiger partial charge is 0.478 e. The van der Waals surface area contributed by atoms with Gasteiger partial charge >= 0.3 is 5.97 Å². The quantitative estimate of drug-likeness (QED) is 0.713. The van der Waals surface area contributed by atoms with Gasteiger partial charge in [-0.15, -0.1) is 0 Å². The summed E-state index contributed by atoms with van der Waals surface area (Å²) >= 11 is 0. The third-order valence-corrected chi connectivity index (χ3v) is 2.19. The Hall–Kier alpha value is -2.96. The van der Waals surface area contributed by atoms with Gasteiger partial charge in [0.05, 0.1) is 0 Å². The third kappa shape index (κ3) is 3.50. The van der Waals surface area contributed by atoms with Crippen LogP contribution in [0.4, 0.5) is 5.69 Å². The van der Waals surface area contributed by atoms with E-state index in [4.69, 9.17) is 5.11 Å². The average Bonchev–Trinajstić information content (AvgIpc) is 2.91. The number of carbonyl (C=O) groups is 2. The molecular weight excluding hydrogens is 248 g/mol. The molecule has 0 saturated heterocycles. The molecule has 0 unspecified atom stereocenters. The minimum Gasteiger partial charge on any atom is -0.478 e. The predicted molar refractivity (Wildman–Crippen MR) is 67.4 cm³/mol. The Morgan fingerprint density at radius 3 is 2.89 bits per heavy atom. The number of aliphatic carboxylic acids is 1. The molecule has 1 aromatic heterocycles. The summed E-state index contributed by atoms with van der Waals surface area (Å²) in [6, 6.07) is 6.77. The number of carboxylic acid groups (broad SMARTS) is 1. The summed E-state index contributed by atoms with van der Waals surface area (Å²) in [5, 5.41) is 17.2. The molecule has 0 spiro atoms. The van der Waals surface area contributed by atoms with E-state index in [1.54, 1.807) is 24.3 Å². The first-order valence-corrected chi connectivity index (χ1v) is 5.33. The van der Waals surface area contributed by atoms with Gasteiger partial charge in [0, 0.05) is 11.8 Å². The van der Waals surface area contributed by atoms with E-state index in [-0.39, 0.29) is 5.82 Å². The maximum absolute atomic E-state index is 11.7. The van der Waals surface area contributed by atoms with E-state index < -0.39 is 11.9 Å². The van der Waals surface area contributed by atoms with Crippen LogP contribution in [0.25, 0.3) is 6.08 Å². The van der Waals surface area contributed by atoms with E-state index in [0.717, 1.165) is 6.08 Å². The molecule has 19 heavy (non-hydrogen) atoms. The number of hydrogen-bond donors (Lipinski definition) is 3. The van der Waals surface area contributed by atoms with Crippen molar-refractivity contribution in [1.82, 2.24) is 15.2 Å². The van der Waals surface area contributed by atoms with E-state index in [1.807, 2.05) is 0 Å². The van der Waals surface area contributed by atoms with Crippen molar-refractivity contribution < 1.29 is 14.7 Å². The number of aromatic amines is 1. The molecule has 7 heteroatoms. The Bertz CT molecular complexity index is 620. The smallest absolute Gasteiger partial charge is 0.328 e. The maximum Gasteiger partial charge on any atom is 0.328 e. The zero-order valence-electron chi connectivity index (χ0n) is 9.70. The van der Waals surface area contributed by atoms with Gasteiger partial charge in [-0.2, -0.15) is 5.10 Å². The fraction of sp³-hybridized carbons (Fsp3) is 0. The molecule has 0 atom stereocenters. The van der Waals surface area contributed by atoms with Crippen LogP contribution in [0, 0.1) is 0 Å². The molecule has 0 saturated carbocycles. The van der Waals surface area contributed by atoms with Crippen LogP contribution in [0.15, 0.2) is 36.7 Å². The van der Waals surface area contributed by atoms with E-state index >= 15 is 0 Å². The molecule has 1 aromatic carbocycles. The number of H-pyrrole nitrogens is 1.